The van der Waals surface area contributed by atoms with Gasteiger partial charge in [0.1, 0.15) is 0 Å². The van der Waals surface area contributed by atoms with E-state index in [0.717, 1.165) is 6.20 Å². The van der Waals surface area contributed by atoms with Gasteiger partial charge in [-0.15, -0.1) is 0 Å². The molecule has 0 N–H and O–H groups in total. The Hall–Kier alpha value is -1.58. The third kappa shape index (κ3) is 1.53. The highest BCUT2D eigenvalue weighted by atomic mass is 16.3. The second-order valence-corrected chi connectivity index (χ2v) is 2.57. The molecule has 0 aliphatic carbocycles. The largest absolute Gasteiger partial charge is 0.345 e. The highest BCUT2D eigenvalue weighted by Gasteiger charge is 2.13. The second-order valence-electron chi connectivity index (χ2n) is 2.57. The molecule has 0 fully saturated rings. The van der Waals surface area contributed by atoms with E-state index in [4.69, 9.17) is 0 Å². The molecular weight excluding hydrogens is 156 g/mol. The van der Waals surface area contributed by atoms with Gasteiger partial charge in [-0.1, -0.05) is 0 Å². The standard InChI is InChI=1S/C8H9N2O2/c1-10(2)8(12)6-3-4-9-5-7(6)11/h3-5H,1-2H3. The molecule has 0 saturated heterocycles. The van der Waals surface area contributed by atoms with Crippen LogP contribution in [0.5, 0.6) is 5.75 Å². The lowest BCUT2D eigenvalue weighted by molar-refractivity contribution is 0.0822. The summed E-state index contributed by atoms with van der Waals surface area (Å²) in [6.45, 7) is 0. The summed E-state index contributed by atoms with van der Waals surface area (Å²) in [5.74, 6) is -0.626. The van der Waals surface area contributed by atoms with E-state index in [1.807, 2.05) is 0 Å². The highest BCUT2D eigenvalue weighted by molar-refractivity contribution is 5.96. The number of carbonyl (C=O) groups is 1. The zero-order valence-electron chi connectivity index (χ0n) is 6.94. The third-order valence-electron chi connectivity index (χ3n) is 1.42. The van der Waals surface area contributed by atoms with Crippen LogP contribution in [0.3, 0.4) is 0 Å². The van der Waals surface area contributed by atoms with Crippen molar-refractivity contribution >= 4 is 5.91 Å². The summed E-state index contributed by atoms with van der Waals surface area (Å²) in [6.07, 6.45) is 2.56. The van der Waals surface area contributed by atoms with Crippen LogP contribution in [-0.2, 0) is 5.11 Å². The van der Waals surface area contributed by atoms with E-state index in [9.17, 15) is 9.90 Å². The molecule has 0 bridgehead atoms. The lowest BCUT2D eigenvalue weighted by Crippen LogP contribution is -2.21. The van der Waals surface area contributed by atoms with Gasteiger partial charge in [-0.3, -0.25) is 14.9 Å². The van der Waals surface area contributed by atoms with E-state index in [0.29, 0.717) is 0 Å². The van der Waals surface area contributed by atoms with Gasteiger partial charge in [-0.25, -0.2) is 0 Å². The summed E-state index contributed by atoms with van der Waals surface area (Å²) < 4.78 is 0. The topological polar surface area (TPSA) is 53.1 Å². The van der Waals surface area contributed by atoms with Crippen molar-refractivity contribution in [2.45, 2.75) is 0 Å². The van der Waals surface area contributed by atoms with Crippen LogP contribution in [0, 0.1) is 0 Å². The van der Waals surface area contributed by atoms with Crippen molar-refractivity contribution in [2.75, 3.05) is 14.1 Å². The minimum atomic E-state index is -0.337. The molecule has 0 unspecified atom stereocenters. The average Bonchev–Trinajstić information content (AvgIpc) is 2.04. The molecule has 0 aliphatic heterocycles. The molecule has 0 aromatic carbocycles. The Morgan fingerprint density at radius 3 is 2.67 bits per heavy atom. The molecule has 0 aliphatic rings. The molecule has 1 rings (SSSR count). The fourth-order valence-corrected chi connectivity index (χ4v) is 0.798. The molecule has 1 heterocycles. The molecule has 63 valence electrons. The predicted molar refractivity (Wildman–Crippen MR) is 42.4 cm³/mol. The second kappa shape index (κ2) is 3.21. The molecule has 4 nitrogen and oxygen atoms in total. The first-order valence-corrected chi connectivity index (χ1v) is 3.45. The Morgan fingerprint density at radius 2 is 2.17 bits per heavy atom. The van der Waals surface area contributed by atoms with Crippen LogP contribution in [0.25, 0.3) is 0 Å². The van der Waals surface area contributed by atoms with Gasteiger partial charge in [0.05, 0.1) is 11.8 Å². The number of hydrogen-bond donors (Lipinski definition) is 0. The van der Waals surface area contributed by atoms with Gasteiger partial charge in [0, 0.05) is 20.3 Å². The van der Waals surface area contributed by atoms with Gasteiger partial charge < -0.3 is 4.90 Å². The van der Waals surface area contributed by atoms with Crippen molar-refractivity contribution < 1.29 is 9.90 Å². The Labute approximate surface area is 70.5 Å². The summed E-state index contributed by atoms with van der Waals surface area (Å²) >= 11 is 0. The van der Waals surface area contributed by atoms with E-state index >= 15 is 0 Å². The van der Waals surface area contributed by atoms with Crippen LogP contribution in [0.15, 0.2) is 18.5 Å². The molecule has 0 atom stereocenters. The molecule has 1 aromatic rings. The van der Waals surface area contributed by atoms with Gasteiger partial charge in [-0.05, 0) is 6.07 Å². The van der Waals surface area contributed by atoms with Gasteiger partial charge in [-0.2, -0.15) is 0 Å². The normalized spacial score (nSPS) is 9.50. The van der Waals surface area contributed by atoms with Gasteiger partial charge >= 0.3 is 0 Å². The zero-order valence-corrected chi connectivity index (χ0v) is 6.94. The third-order valence-corrected chi connectivity index (χ3v) is 1.42. The van der Waals surface area contributed by atoms with Crippen molar-refractivity contribution in [1.29, 1.82) is 0 Å². The molecule has 12 heavy (non-hydrogen) atoms. The Kier molecular flexibility index (Phi) is 2.28. The van der Waals surface area contributed by atoms with Crippen molar-refractivity contribution in [1.82, 2.24) is 9.88 Å². The number of carbonyl (C=O) groups excluding carboxylic acids is 1. The van der Waals surface area contributed by atoms with E-state index in [2.05, 4.69) is 4.98 Å². The Bertz CT molecular complexity index is 297. The molecule has 0 saturated carbocycles. The maximum absolute atomic E-state index is 11.3. The van der Waals surface area contributed by atoms with Crippen molar-refractivity contribution in [2.24, 2.45) is 0 Å². The van der Waals surface area contributed by atoms with Crippen molar-refractivity contribution in [3.05, 3.63) is 24.0 Å². The molecule has 1 radical (unpaired) electrons. The summed E-state index contributed by atoms with van der Waals surface area (Å²) in [4.78, 5) is 16.2. The van der Waals surface area contributed by atoms with Crippen LogP contribution in [0.1, 0.15) is 10.4 Å². The maximum Gasteiger partial charge on any atom is 0.257 e. The monoisotopic (exact) mass is 165 g/mol. The fraction of sp³-hybridized carbons (Fsp3) is 0.250. The minimum absolute atomic E-state index is 0.162. The van der Waals surface area contributed by atoms with Gasteiger partial charge in [0.2, 0.25) is 5.75 Å². The lowest BCUT2D eigenvalue weighted by atomic mass is 10.2. The van der Waals surface area contributed by atoms with E-state index in [1.54, 1.807) is 14.1 Å². The average molecular weight is 165 g/mol. The number of rotatable bonds is 1. The molecule has 4 heteroatoms. The van der Waals surface area contributed by atoms with Crippen molar-refractivity contribution in [3.8, 4) is 5.75 Å². The lowest BCUT2D eigenvalue weighted by Gasteiger charge is -2.09. The molecular formula is C8H9N2O2. The fourth-order valence-electron chi connectivity index (χ4n) is 0.798. The van der Waals surface area contributed by atoms with Crippen LogP contribution in [0.2, 0.25) is 0 Å². The van der Waals surface area contributed by atoms with E-state index in [1.165, 1.54) is 17.2 Å². The summed E-state index contributed by atoms with van der Waals surface area (Å²) in [5, 5.41) is 11.1. The Morgan fingerprint density at radius 1 is 1.50 bits per heavy atom. The minimum Gasteiger partial charge on any atom is -0.345 e. The maximum atomic E-state index is 11.3. The SMILES string of the molecule is CN(C)C(=O)c1ccncc1[O]. The van der Waals surface area contributed by atoms with Crippen LogP contribution in [0.4, 0.5) is 0 Å². The van der Waals surface area contributed by atoms with Gasteiger partial charge in [0.15, 0.2) is 0 Å². The van der Waals surface area contributed by atoms with E-state index < -0.39 is 0 Å². The predicted octanol–water partition coefficient (Wildman–Crippen LogP) is 0.927. The summed E-state index contributed by atoms with van der Waals surface area (Å²) in [5.41, 5.74) is 0.162. The Balaban J connectivity index is 3.03. The number of hydrogen-bond acceptors (Lipinski definition) is 2. The first-order chi connectivity index (χ1) is 5.63. The van der Waals surface area contributed by atoms with Crippen LogP contribution in [-0.4, -0.2) is 29.9 Å². The summed E-state index contributed by atoms with van der Waals surface area (Å²) in [7, 11) is 3.20. The molecule has 1 amide bonds. The number of pyridine rings is 1. The van der Waals surface area contributed by atoms with Gasteiger partial charge in [0.25, 0.3) is 5.91 Å². The summed E-state index contributed by atoms with van der Waals surface area (Å²) in [6, 6.07) is 1.42. The highest BCUT2D eigenvalue weighted by Crippen LogP contribution is 2.15. The number of aromatic nitrogens is 1. The van der Waals surface area contributed by atoms with Crippen LogP contribution < -0.4 is 0 Å². The van der Waals surface area contributed by atoms with E-state index in [-0.39, 0.29) is 17.2 Å². The smallest absolute Gasteiger partial charge is 0.257 e. The first kappa shape index (κ1) is 8.52. The quantitative estimate of drug-likeness (QED) is 0.621. The van der Waals surface area contributed by atoms with Crippen molar-refractivity contribution in [3.63, 3.8) is 0 Å². The first-order valence-electron chi connectivity index (χ1n) is 3.45. The number of amides is 1. The molecule has 1 aromatic heterocycles. The molecule has 0 spiro atoms. The van der Waals surface area contributed by atoms with Crippen LogP contribution >= 0.6 is 0 Å². The number of nitrogens with zero attached hydrogens (tertiary/aromatic N) is 2. The zero-order chi connectivity index (χ0) is 9.14.